The van der Waals surface area contributed by atoms with Gasteiger partial charge in [-0.3, -0.25) is 4.79 Å². The zero-order valence-electron chi connectivity index (χ0n) is 11.3. The van der Waals surface area contributed by atoms with Crippen molar-refractivity contribution in [2.75, 3.05) is 19.6 Å². The smallest absolute Gasteiger partial charge is 0.241 e. The van der Waals surface area contributed by atoms with Crippen molar-refractivity contribution in [2.45, 2.75) is 24.2 Å². The monoisotopic (exact) mass is 394 g/mol. The molecule has 21 heavy (non-hydrogen) atoms. The van der Waals surface area contributed by atoms with Crippen LogP contribution in [0, 0.1) is 0 Å². The molecular weight excluding hydrogens is 380 g/mol. The lowest BCUT2D eigenvalue weighted by Gasteiger charge is -2.26. The highest BCUT2D eigenvalue weighted by Crippen LogP contribution is 2.25. The van der Waals surface area contributed by atoms with Gasteiger partial charge in [0.2, 0.25) is 15.9 Å². The van der Waals surface area contributed by atoms with Crippen molar-refractivity contribution >= 4 is 43.5 Å². The first-order chi connectivity index (χ1) is 9.90. The number of halogens is 2. The van der Waals surface area contributed by atoms with E-state index in [1.54, 1.807) is 4.90 Å². The summed E-state index contributed by atoms with van der Waals surface area (Å²) in [5, 5.41) is 0.429. The first-order valence-electron chi connectivity index (χ1n) is 6.62. The second-order valence-electron chi connectivity index (χ2n) is 4.84. The standard InChI is InChI=1S/C13H16BrClN2O3S/c14-11-8-10(4-5-12(11)15)21(19,20)16-9-13(18)17-6-2-1-3-7-17/h4-5,8,16H,1-3,6-7,9H2. The Morgan fingerprint density at radius 3 is 2.57 bits per heavy atom. The summed E-state index contributed by atoms with van der Waals surface area (Å²) in [4.78, 5) is 13.7. The van der Waals surface area contributed by atoms with Crippen molar-refractivity contribution < 1.29 is 13.2 Å². The number of hydrogen-bond acceptors (Lipinski definition) is 3. The average molecular weight is 396 g/mol. The van der Waals surface area contributed by atoms with Crippen molar-refractivity contribution in [2.24, 2.45) is 0 Å². The van der Waals surface area contributed by atoms with Gasteiger partial charge in [0.05, 0.1) is 16.5 Å². The van der Waals surface area contributed by atoms with Crippen LogP contribution in [0.25, 0.3) is 0 Å². The Morgan fingerprint density at radius 1 is 1.29 bits per heavy atom. The number of sulfonamides is 1. The fraction of sp³-hybridized carbons (Fsp3) is 0.462. The quantitative estimate of drug-likeness (QED) is 0.851. The normalized spacial score (nSPS) is 16.0. The van der Waals surface area contributed by atoms with Gasteiger partial charge in [-0.05, 0) is 53.4 Å². The van der Waals surface area contributed by atoms with Gasteiger partial charge in [0.15, 0.2) is 0 Å². The van der Waals surface area contributed by atoms with Gasteiger partial charge >= 0.3 is 0 Å². The number of hydrogen-bond donors (Lipinski definition) is 1. The van der Waals surface area contributed by atoms with Crippen LogP contribution in [0.2, 0.25) is 5.02 Å². The van der Waals surface area contributed by atoms with E-state index in [4.69, 9.17) is 11.6 Å². The number of benzene rings is 1. The van der Waals surface area contributed by atoms with Crippen LogP contribution in [0.5, 0.6) is 0 Å². The third-order valence-electron chi connectivity index (χ3n) is 3.32. The fourth-order valence-corrected chi connectivity index (χ4v) is 3.79. The predicted molar refractivity (Wildman–Crippen MR) is 84.8 cm³/mol. The number of nitrogens with one attached hydrogen (secondary N) is 1. The Hall–Kier alpha value is -0.630. The van der Waals surface area contributed by atoms with E-state index >= 15 is 0 Å². The van der Waals surface area contributed by atoms with Crippen LogP contribution in [0.3, 0.4) is 0 Å². The lowest BCUT2D eigenvalue weighted by molar-refractivity contribution is -0.130. The van der Waals surface area contributed by atoms with Crippen molar-refractivity contribution in [1.82, 2.24) is 9.62 Å². The molecular formula is C13H16BrClN2O3S. The second-order valence-corrected chi connectivity index (χ2v) is 7.87. The topological polar surface area (TPSA) is 66.5 Å². The van der Waals surface area contributed by atoms with Crippen molar-refractivity contribution in [3.8, 4) is 0 Å². The summed E-state index contributed by atoms with van der Waals surface area (Å²) in [7, 11) is -3.72. The molecule has 0 saturated carbocycles. The van der Waals surface area contributed by atoms with E-state index in [0.717, 1.165) is 19.3 Å². The third-order valence-corrected chi connectivity index (χ3v) is 5.94. The first-order valence-corrected chi connectivity index (χ1v) is 9.28. The molecule has 1 aromatic carbocycles. The predicted octanol–water partition coefficient (Wildman–Crippen LogP) is 2.39. The van der Waals surface area contributed by atoms with Gasteiger partial charge in [0, 0.05) is 17.6 Å². The molecule has 0 bridgehead atoms. The van der Waals surface area contributed by atoms with Crippen molar-refractivity contribution in [1.29, 1.82) is 0 Å². The molecule has 116 valence electrons. The van der Waals surface area contributed by atoms with Crippen molar-refractivity contribution in [3.63, 3.8) is 0 Å². The molecule has 1 saturated heterocycles. The van der Waals surface area contributed by atoms with E-state index in [1.165, 1.54) is 18.2 Å². The maximum atomic E-state index is 12.1. The van der Waals surface area contributed by atoms with E-state index < -0.39 is 10.0 Å². The molecule has 1 aliphatic heterocycles. The van der Waals surface area contributed by atoms with Crippen LogP contribution in [-0.4, -0.2) is 38.9 Å². The first kappa shape index (κ1) is 16.7. The molecule has 0 spiro atoms. The second kappa shape index (κ2) is 7.09. The summed E-state index contributed by atoms with van der Waals surface area (Å²) < 4.78 is 27.1. The van der Waals surface area contributed by atoms with Crippen LogP contribution in [0.1, 0.15) is 19.3 Å². The molecule has 5 nitrogen and oxygen atoms in total. The Balaban J connectivity index is 2.00. The van der Waals surface area contributed by atoms with Crippen molar-refractivity contribution in [3.05, 3.63) is 27.7 Å². The number of carbonyl (C=O) groups is 1. The Labute approximate surface area is 137 Å². The van der Waals surface area contributed by atoms with E-state index in [9.17, 15) is 13.2 Å². The molecule has 8 heteroatoms. The molecule has 0 radical (unpaired) electrons. The molecule has 0 aromatic heterocycles. The Kier molecular flexibility index (Phi) is 5.65. The van der Waals surface area contributed by atoms with E-state index in [1.807, 2.05) is 0 Å². The summed E-state index contributed by atoms with van der Waals surface area (Å²) in [6.07, 6.45) is 3.07. The summed E-state index contributed by atoms with van der Waals surface area (Å²) in [6, 6.07) is 4.31. The summed E-state index contributed by atoms with van der Waals surface area (Å²) in [5.41, 5.74) is 0. The van der Waals surface area contributed by atoms with Crippen LogP contribution in [0.15, 0.2) is 27.6 Å². The zero-order chi connectivity index (χ0) is 15.5. The van der Waals surface area contributed by atoms with Gasteiger partial charge in [-0.1, -0.05) is 11.6 Å². The molecule has 0 aliphatic carbocycles. The molecule has 2 rings (SSSR count). The SMILES string of the molecule is O=C(CNS(=O)(=O)c1ccc(Cl)c(Br)c1)N1CCCCC1. The van der Waals surface area contributed by atoms with E-state index in [-0.39, 0.29) is 17.3 Å². The average Bonchev–Trinajstić information content (AvgIpc) is 2.48. The summed E-state index contributed by atoms with van der Waals surface area (Å²) in [6.45, 7) is 1.18. The number of likely N-dealkylation sites (tertiary alicyclic amines) is 1. The van der Waals surface area contributed by atoms with Gasteiger partial charge in [0.1, 0.15) is 0 Å². The van der Waals surface area contributed by atoms with Crippen LogP contribution >= 0.6 is 27.5 Å². The van der Waals surface area contributed by atoms with Gasteiger partial charge < -0.3 is 4.90 Å². The van der Waals surface area contributed by atoms with Crippen LogP contribution in [-0.2, 0) is 14.8 Å². The number of carbonyl (C=O) groups excluding carboxylic acids is 1. The molecule has 1 aromatic rings. The van der Waals surface area contributed by atoms with Gasteiger partial charge in [-0.2, -0.15) is 0 Å². The van der Waals surface area contributed by atoms with Crippen LogP contribution in [0.4, 0.5) is 0 Å². The maximum absolute atomic E-state index is 12.1. The molecule has 1 aliphatic rings. The van der Waals surface area contributed by atoms with Gasteiger partial charge in [-0.15, -0.1) is 0 Å². The lowest BCUT2D eigenvalue weighted by atomic mass is 10.1. The molecule has 1 heterocycles. The molecule has 0 atom stereocenters. The minimum Gasteiger partial charge on any atom is -0.342 e. The number of rotatable bonds is 4. The molecule has 1 N–H and O–H groups in total. The number of nitrogens with zero attached hydrogens (tertiary/aromatic N) is 1. The summed E-state index contributed by atoms with van der Waals surface area (Å²) in [5.74, 6) is -0.189. The molecule has 0 unspecified atom stereocenters. The largest absolute Gasteiger partial charge is 0.342 e. The highest BCUT2D eigenvalue weighted by atomic mass is 79.9. The maximum Gasteiger partial charge on any atom is 0.241 e. The fourth-order valence-electron chi connectivity index (χ4n) is 2.14. The van der Waals surface area contributed by atoms with Gasteiger partial charge in [-0.25, -0.2) is 13.1 Å². The minimum atomic E-state index is -3.72. The highest BCUT2D eigenvalue weighted by Gasteiger charge is 2.20. The third kappa shape index (κ3) is 4.42. The Bertz CT molecular complexity index is 630. The number of piperidine rings is 1. The van der Waals surface area contributed by atoms with Gasteiger partial charge in [0.25, 0.3) is 0 Å². The Morgan fingerprint density at radius 2 is 1.95 bits per heavy atom. The highest BCUT2D eigenvalue weighted by molar-refractivity contribution is 9.10. The van der Waals surface area contributed by atoms with Crippen LogP contribution < -0.4 is 4.72 Å². The molecule has 1 fully saturated rings. The van der Waals surface area contributed by atoms with E-state index in [2.05, 4.69) is 20.7 Å². The lowest BCUT2D eigenvalue weighted by Crippen LogP contribution is -2.42. The zero-order valence-corrected chi connectivity index (χ0v) is 14.5. The molecule has 1 amide bonds. The number of amides is 1. The minimum absolute atomic E-state index is 0.0743. The summed E-state index contributed by atoms with van der Waals surface area (Å²) >= 11 is 9.02. The van der Waals surface area contributed by atoms with E-state index in [0.29, 0.717) is 22.6 Å².